The average Bonchev–Trinajstić information content (AvgIpc) is 2.95. The molecule has 0 amide bonds. The molecule has 0 aliphatic heterocycles. The Labute approximate surface area is 144 Å². The number of carbonyl (C=O) groups excluding carboxylic acids is 1. The normalized spacial score (nSPS) is 10.6. The maximum Gasteiger partial charge on any atom is 0.264 e. The SMILES string of the molecule is Cc1ccccc1Nc1ccc(C(=O)n2cccc2Cl)c(Cl)c1. The summed E-state index contributed by atoms with van der Waals surface area (Å²) in [7, 11) is 0. The van der Waals surface area contributed by atoms with Crippen LogP contribution in [-0.2, 0) is 0 Å². The van der Waals surface area contributed by atoms with Crippen molar-refractivity contribution in [2.75, 3.05) is 5.32 Å². The zero-order valence-corrected chi connectivity index (χ0v) is 13.9. The summed E-state index contributed by atoms with van der Waals surface area (Å²) in [6.07, 6.45) is 1.61. The van der Waals surface area contributed by atoms with Gasteiger partial charge in [0.2, 0.25) is 0 Å². The van der Waals surface area contributed by atoms with Gasteiger partial charge in [-0.15, -0.1) is 0 Å². The quantitative estimate of drug-likeness (QED) is 0.677. The van der Waals surface area contributed by atoms with Gasteiger partial charge in [0, 0.05) is 17.6 Å². The number of para-hydroxylation sites is 1. The van der Waals surface area contributed by atoms with Crippen molar-refractivity contribution >= 4 is 40.5 Å². The Hall–Kier alpha value is -2.23. The minimum Gasteiger partial charge on any atom is -0.355 e. The number of hydrogen-bond acceptors (Lipinski definition) is 2. The van der Waals surface area contributed by atoms with Gasteiger partial charge in [-0.2, -0.15) is 0 Å². The van der Waals surface area contributed by atoms with Crippen molar-refractivity contribution in [2.24, 2.45) is 0 Å². The summed E-state index contributed by atoms with van der Waals surface area (Å²) in [6.45, 7) is 2.02. The van der Waals surface area contributed by atoms with Crippen LogP contribution in [0.2, 0.25) is 10.2 Å². The molecule has 0 aliphatic carbocycles. The van der Waals surface area contributed by atoms with Crippen LogP contribution in [0.4, 0.5) is 11.4 Å². The van der Waals surface area contributed by atoms with Crippen LogP contribution in [0.1, 0.15) is 15.9 Å². The lowest BCUT2D eigenvalue weighted by molar-refractivity contribution is 0.0961. The highest BCUT2D eigenvalue weighted by atomic mass is 35.5. The number of nitrogens with one attached hydrogen (secondary N) is 1. The van der Waals surface area contributed by atoms with E-state index in [0.717, 1.165) is 16.9 Å². The Bertz CT molecular complexity index is 871. The van der Waals surface area contributed by atoms with Gasteiger partial charge in [0.05, 0.1) is 10.6 Å². The molecule has 0 unspecified atom stereocenters. The highest BCUT2D eigenvalue weighted by Gasteiger charge is 2.14. The largest absolute Gasteiger partial charge is 0.355 e. The van der Waals surface area contributed by atoms with Gasteiger partial charge in [0.25, 0.3) is 5.91 Å². The number of aryl methyl sites for hydroxylation is 1. The Kier molecular flexibility index (Phi) is 4.42. The van der Waals surface area contributed by atoms with Crippen molar-refractivity contribution < 1.29 is 4.79 Å². The molecule has 5 heteroatoms. The third kappa shape index (κ3) is 3.26. The molecule has 0 aliphatic rings. The smallest absolute Gasteiger partial charge is 0.264 e. The lowest BCUT2D eigenvalue weighted by Gasteiger charge is -2.11. The summed E-state index contributed by atoms with van der Waals surface area (Å²) in [6, 6.07) is 16.6. The number of nitrogens with zero attached hydrogens (tertiary/aromatic N) is 1. The molecule has 3 nitrogen and oxygen atoms in total. The van der Waals surface area contributed by atoms with Gasteiger partial charge in [-0.25, -0.2) is 0 Å². The van der Waals surface area contributed by atoms with E-state index in [-0.39, 0.29) is 5.91 Å². The van der Waals surface area contributed by atoms with Crippen LogP contribution in [-0.4, -0.2) is 10.5 Å². The van der Waals surface area contributed by atoms with Crippen LogP contribution >= 0.6 is 23.2 Å². The van der Waals surface area contributed by atoms with E-state index in [4.69, 9.17) is 23.2 Å². The van der Waals surface area contributed by atoms with E-state index in [1.54, 1.807) is 30.5 Å². The van der Waals surface area contributed by atoms with E-state index in [1.165, 1.54) is 4.57 Å². The van der Waals surface area contributed by atoms with Gasteiger partial charge < -0.3 is 5.32 Å². The molecule has 0 bridgehead atoms. The van der Waals surface area contributed by atoms with Gasteiger partial charge in [0.1, 0.15) is 5.15 Å². The highest BCUT2D eigenvalue weighted by molar-refractivity contribution is 6.35. The fraction of sp³-hybridized carbons (Fsp3) is 0.0556. The minimum absolute atomic E-state index is 0.257. The summed E-state index contributed by atoms with van der Waals surface area (Å²) < 4.78 is 1.36. The molecule has 3 rings (SSSR count). The van der Waals surface area contributed by atoms with Crippen molar-refractivity contribution in [3.63, 3.8) is 0 Å². The maximum atomic E-state index is 12.4. The van der Waals surface area contributed by atoms with Crippen LogP contribution in [0.3, 0.4) is 0 Å². The van der Waals surface area contributed by atoms with Crippen molar-refractivity contribution in [2.45, 2.75) is 6.92 Å². The number of anilines is 2. The first kappa shape index (κ1) is 15.7. The van der Waals surface area contributed by atoms with Crippen molar-refractivity contribution in [3.8, 4) is 0 Å². The molecule has 3 aromatic rings. The lowest BCUT2D eigenvalue weighted by Crippen LogP contribution is -2.11. The molecular formula is C18H14Cl2N2O. The van der Waals surface area contributed by atoms with E-state index >= 15 is 0 Å². The van der Waals surface area contributed by atoms with E-state index in [1.807, 2.05) is 37.3 Å². The molecule has 116 valence electrons. The molecule has 0 fully saturated rings. The third-order valence-corrected chi connectivity index (χ3v) is 4.16. The predicted molar refractivity (Wildman–Crippen MR) is 95.1 cm³/mol. The molecule has 2 aromatic carbocycles. The lowest BCUT2D eigenvalue weighted by atomic mass is 10.1. The van der Waals surface area contributed by atoms with Crippen LogP contribution in [0.25, 0.3) is 0 Å². The van der Waals surface area contributed by atoms with E-state index in [9.17, 15) is 4.79 Å². The highest BCUT2D eigenvalue weighted by Crippen LogP contribution is 2.26. The first-order valence-corrected chi connectivity index (χ1v) is 7.81. The first-order valence-electron chi connectivity index (χ1n) is 7.06. The zero-order valence-electron chi connectivity index (χ0n) is 12.4. The monoisotopic (exact) mass is 344 g/mol. The minimum atomic E-state index is -0.257. The van der Waals surface area contributed by atoms with Gasteiger partial charge in [-0.05, 0) is 48.9 Å². The van der Waals surface area contributed by atoms with Crippen molar-refractivity contribution in [1.82, 2.24) is 4.57 Å². The molecule has 1 N–H and O–H groups in total. The average molecular weight is 345 g/mol. The first-order chi connectivity index (χ1) is 11.1. The predicted octanol–water partition coefficient (Wildman–Crippen LogP) is 5.54. The number of benzene rings is 2. The molecule has 1 aromatic heterocycles. The molecule has 0 saturated carbocycles. The van der Waals surface area contributed by atoms with Gasteiger partial charge >= 0.3 is 0 Å². The summed E-state index contributed by atoms with van der Waals surface area (Å²) in [5.41, 5.74) is 3.35. The fourth-order valence-corrected chi connectivity index (χ4v) is 2.76. The molecule has 0 spiro atoms. The maximum absolute atomic E-state index is 12.4. The molecule has 0 radical (unpaired) electrons. The van der Waals surface area contributed by atoms with Crippen LogP contribution in [0.15, 0.2) is 60.8 Å². The van der Waals surface area contributed by atoms with E-state index in [2.05, 4.69) is 5.32 Å². The summed E-state index contributed by atoms with van der Waals surface area (Å²) >= 11 is 12.3. The van der Waals surface area contributed by atoms with Crippen LogP contribution < -0.4 is 5.32 Å². The number of halogens is 2. The molecular weight excluding hydrogens is 331 g/mol. The molecule has 0 saturated heterocycles. The number of carbonyl (C=O) groups is 1. The zero-order chi connectivity index (χ0) is 16.4. The molecule has 23 heavy (non-hydrogen) atoms. The number of rotatable bonds is 3. The number of hydrogen-bond donors (Lipinski definition) is 1. The third-order valence-electron chi connectivity index (χ3n) is 3.54. The second-order valence-electron chi connectivity index (χ2n) is 5.14. The van der Waals surface area contributed by atoms with E-state index < -0.39 is 0 Å². The fourth-order valence-electron chi connectivity index (χ4n) is 2.29. The van der Waals surface area contributed by atoms with Crippen LogP contribution in [0.5, 0.6) is 0 Å². The van der Waals surface area contributed by atoms with E-state index in [0.29, 0.717) is 15.7 Å². The van der Waals surface area contributed by atoms with Gasteiger partial charge in [-0.1, -0.05) is 41.4 Å². The summed E-state index contributed by atoms with van der Waals surface area (Å²) in [5.74, 6) is -0.257. The molecule has 0 atom stereocenters. The van der Waals surface area contributed by atoms with Crippen molar-refractivity contribution in [3.05, 3.63) is 82.1 Å². The summed E-state index contributed by atoms with van der Waals surface area (Å²) in [4.78, 5) is 12.4. The Balaban J connectivity index is 1.88. The number of aromatic nitrogens is 1. The summed E-state index contributed by atoms with van der Waals surface area (Å²) in [5, 5.41) is 4.02. The molecule has 1 heterocycles. The van der Waals surface area contributed by atoms with Gasteiger partial charge in [0.15, 0.2) is 0 Å². The standard InChI is InChI=1S/C18H14Cl2N2O/c1-12-5-2-3-6-16(12)21-13-8-9-14(15(19)11-13)18(23)22-10-4-7-17(22)20/h2-11,21H,1H3. The second-order valence-corrected chi connectivity index (χ2v) is 5.94. The topological polar surface area (TPSA) is 34.0 Å². The Morgan fingerprint density at radius 2 is 1.83 bits per heavy atom. The second kappa shape index (κ2) is 6.49. The van der Waals surface area contributed by atoms with Gasteiger partial charge in [-0.3, -0.25) is 9.36 Å². The Morgan fingerprint density at radius 1 is 1.04 bits per heavy atom. The van der Waals surface area contributed by atoms with Crippen LogP contribution in [0, 0.1) is 6.92 Å². The Morgan fingerprint density at radius 3 is 2.48 bits per heavy atom. The van der Waals surface area contributed by atoms with Crippen molar-refractivity contribution in [1.29, 1.82) is 0 Å².